The molecule has 1 atom stereocenters. The SMILES string of the molecule is CC(C)(C)OC(=O)N1CCCCC1C1(O)COC1. The van der Waals surface area contributed by atoms with Crippen LogP contribution in [0, 0.1) is 0 Å². The predicted octanol–water partition coefficient (Wildman–Crippen LogP) is 1.54. The van der Waals surface area contributed by atoms with E-state index in [-0.39, 0.29) is 12.1 Å². The van der Waals surface area contributed by atoms with Gasteiger partial charge in [0.1, 0.15) is 11.2 Å². The van der Waals surface area contributed by atoms with Crippen LogP contribution in [0.2, 0.25) is 0 Å². The molecule has 0 spiro atoms. The van der Waals surface area contributed by atoms with Gasteiger partial charge in [-0.3, -0.25) is 0 Å². The molecule has 5 heteroatoms. The molecule has 1 N–H and O–H groups in total. The average molecular weight is 257 g/mol. The van der Waals surface area contributed by atoms with Gasteiger partial charge < -0.3 is 19.5 Å². The first kappa shape index (κ1) is 13.6. The van der Waals surface area contributed by atoms with Gasteiger partial charge in [-0.2, -0.15) is 0 Å². The molecule has 2 saturated heterocycles. The lowest BCUT2D eigenvalue weighted by Crippen LogP contribution is -2.66. The van der Waals surface area contributed by atoms with E-state index in [9.17, 15) is 9.90 Å². The largest absolute Gasteiger partial charge is 0.444 e. The topological polar surface area (TPSA) is 59.0 Å². The van der Waals surface area contributed by atoms with E-state index < -0.39 is 11.2 Å². The highest BCUT2D eigenvalue weighted by Crippen LogP contribution is 2.32. The lowest BCUT2D eigenvalue weighted by molar-refractivity contribution is -0.213. The number of amides is 1. The minimum Gasteiger partial charge on any atom is -0.444 e. The van der Waals surface area contributed by atoms with Crippen LogP contribution in [0.15, 0.2) is 0 Å². The van der Waals surface area contributed by atoms with Crippen LogP contribution in [0.1, 0.15) is 40.0 Å². The van der Waals surface area contributed by atoms with E-state index in [2.05, 4.69) is 0 Å². The normalized spacial score (nSPS) is 27.6. The van der Waals surface area contributed by atoms with E-state index in [1.807, 2.05) is 20.8 Å². The van der Waals surface area contributed by atoms with Gasteiger partial charge >= 0.3 is 6.09 Å². The zero-order valence-corrected chi connectivity index (χ0v) is 11.4. The molecule has 2 fully saturated rings. The number of carbonyl (C=O) groups is 1. The first-order chi connectivity index (χ1) is 8.32. The van der Waals surface area contributed by atoms with Crippen molar-refractivity contribution in [3.05, 3.63) is 0 Å². The number of piperidine rings is 1. The highest BCUT2D eigenvalue weighted by molar-refractivity contribution is 5.69. The van der Waals surface area contributed by atoms with Crippen LogP contribution in [0.25, 0.3) is 0 Å². The van der Waals surface area contributed by atoms with Crippen LogP contribution in [-0.2, 0) is 9.47 Å². The standard InChI is InChI=1S/C13H23NO4/c1-12(2,3)18-11(15)14-7-5-4-6-10(14)13(16)8-17-9-13/h10,16H,4-9H2,1-3H3. The van der Waals surface area contributed by atoms with Crippen LogP contribution in [-0.4, -0.2) is 53.1 Å². The minimum absolute atomic E-state index is 0.171. The maximum absolute atomic E-state index is 12.2. The molecule has 2 heterocycles. The number of hydrogen-bond donors (Lipinski definition) is 1. The fraction of sp³-hybridized carbons (Fsp3) is 0.923. The highest BCUT2D eigenvalue weighted by atomic mass is 16.6. The Kier molecular flexibility index (Phi) is 3.56. The van der Waals surface area contributed by atoms with Crippen LogP contribution in [0.5, 0.6) is 0 Å². The molecule has 0 radical (unpaired) electrons. The van der Waals surface area contributed by atoms with E-state index >= 15 is 0 Å². The Morgan fingerprint density at radius 1 is 1.39 bits per heavy atom. The minimum atomic E-state index is -0.878. The highest BCUT2D eigenvalue weighted by Gasteiger charge is 2.49. The fourth-order valence-electron chi connectivity index (χ4n) is 2.53. The van der Waals surface area contributed by atoms with Gasteiger partial charge in [0.25, 0.3) is 0 Å². The van der Waals surface area contributed by atoms with Crippen molar-refractivity contribution in [1.82, 2.24) is 4.90 Å². The Morgan fingerprint density at radius 2 is 2.06 bits per heavy atom. The Labute approximate surface area is 108 Å². The molecule has 5 nitrogen and oxygen atoms in total. The summed E-state index contributed by atoms with van der Waals surface area (Å²) in [6.07, 6.45) is 2.49. The number of likely N-dealkylation sites (tertiary alicyclic amines) is 1. The molecule has 2 aliphatic rings. The summed E-state index contributed by atoms with van der Waals surface area (Å²) in [5.74, 6) is 0. The van der Waals surface area contributed by atoms with Crippen LogP contribution < -0.4 is 0 Å². The third-order valence-electron chi connectivity index (χ3n) is 3.46. The Bertz CT molecular complexity index is 319. The van der Waals surface area contributed by atoms with E-state index in [1.54, 1.807) is 4.90 Å². The molecular formula is C13H23NO4. The average Bonchev–Trinajstić information content (AvgIpc) is 2.23. The van der Waals surface area contributed by atoms with E-state index in [4.69, 9.17) is 9.47 Å². The number of ether oxygens (including phenoxy) is 2. The van der Waals surface area contributed by atoms with E-state index in [0.717, 1.165) is 19.3 Å². The lowest BCUT2D eigenvalue weighted by Gasteiger charge is -2.49. The molecule has 1 amide bonds. The van der Waals surface area contributed by atoms with Gasteiger partial charge in [0, 0.05) is 6.54 Å². The maximum atomic E-state index is 12.2. The summed E-state index contributed by atoms with van der Waals surface area (Å²) in [6.45, 7) is 6.84. The third-order valence-corrected chi connectivity index (χ3v) is 3.46. The molecule has 0 aromatic carbocycles. The van der Waals surface area contributed by atoms with Gasteiger partial charge in [-0.1, -0.05) is 0 Å². The van der Waals surface area contributed by atoms with Gasteiger partial charge in [0.15, 0.2) is 0 Å². The van der Waals surface area contributed by atoms with Crippen LogP contribution in [0.3, 0.4) is 0 Å². The monoisotopic (exact) mass is 257 g/mol. The van der Waals surface area contributed by atoms with Gasteiger partial charge in [-0.05, 0) is 40.0 Å². The predicted molar refractivity (Wildman–Crippen MR) is 66.3 cm³/mol. The van der Waals surface area contributed by atoms with Gasteiger partial charge in [-0.25, -0.2) is 4.79 Å². The molecular weight excluding hydrogens is 234 g/mol. The van der Waals surface area contributed by atoms with E-state index in [0.29, 0.717) is 19.8 Å². The molecule has 0 bridgehead atoms. The number of aliphatic hydroxyl groups is 1. The first-order valence-corrected chi connectivity index (χ1v) is 6.62. The summed E-state index contributed by atoms with van der Waals surface area (Å²) >= 11 is 0. The second-order valence-corrected chi connectivity index (χ2v) is 6.28. The van der Waals surface area contributed by atoms with Crippen LogP contribution >= 0.6 is 0 Å². The summed E-state index contributed by atoms with van der Waals surface area (Å²) in [4.78, 5) is 13.8. The van der Waals surface area contributed by atoms with Crippen molar-refractivity contribution in [2.75, 3.05) is 19.8 Å². The maximum Gasteiger partial charge on any atom is 0.410 e. The summed E-state index contributed by atoms with van der Waals surface area (Å²) in [5, 5.41) is 10.4. The Morgan fingerprint density at radius 3 is 2.56 bits per heavy atom. The quantitative estimate of drug-likeness (QED) is 0.774. The molecule has 0 aromatic rings. The molecule has 0 aliphatic carbocycles. The van der Waals surface area contributed by atoms with Gasteiger partial charge in [0.05, 0.1) is 19.3 Å². The second-order valence-electron chi connectivity index (χ2n) is 6.28. The molecule has 104 valence electrons. The number of carbonyl (C=O) groups excluding carboxylic acids is 1. The van der Waals surface area contributed by atoms with Gasteiger partial charge in [-0.15, -0.1) is 0 Å². The van der Waals surface area contributed by atoms with Crippen LogP contribution in [0.4, 0.5) is 4.79 Å². The van der Waals surface area contributed by atoms with Crippen molar-refractivity contribution < 1.29 is 19.4 Å². The summed E-state index contributed by atoms with van der Waals surface area (Å²) in [5.41, 5.74) is -1.38. The van der Waals surface area contributed by atoms with Crippen molar-refractivity contribution in [1.29, 1.82) is 0 Å². The second kappa shape index (κ2) is 4.70. The Balaban J connectivity index is 2.06. The number of hydrogen-bond acceptors (Lipinski definition) is 4. The molecule has 0 saturated carbocycles. The molecule has 2 rings (SSSR count). The fourth-order valence-corrected chi connectivity index (χ4v) is 2.53. The van der Waals surface area contributed by atoms with Crippen molar-refractivity contribution in [2.45, 2.75) is 57.3 Å². The number of rotatable bonds is 1. The molecule has 1 unspecified atom stereocenters. The van der Waals surface area contributed by atoms with Crippen molar-refractivity contribution in [2.24, 2.45) is 0 Å². The smallest absolute Gasteiger partial charge is 0.410 e. The van der Waals surface area contributed by atoms with E-state index in [1.165, 1.54) is 0 Å². The van der Waals surface area contributed by atoms with Crippen molar-refractivity contribution in [3.8, 4) is 0 Å². The zero-order chi connectivity index (χ0) is 13.4. The summed E-state index contributed by atoms with van der Waals surface area (Å²) in [6, 6.07) is -0.171. The van der Waals surface area contributed by atoms with Gasteiger partial charge in [0.2, 0.25) is 0 Å². The first-order valence-electron chi connectivity index (χ1n) is 6.62. The van der Waals surface area contributed by atoms with Crippen molar-refractivity contribution in [3.63, 3.8) is 0 Å². The molecule has 2 aliphatic heterocycles. The lowest BCUT2D eigenvalue weighted by atomic mass is 9.85. The summed E-state index contributed by atoms with van der Waals surface area (Å²) in [7, 11) is 0. The molecule has 0 aromatic heterocycles. The third kappa shape index (κ3) is 2.78. The van der Waals surface area contributed by atoms with Crippen molar-refractivity contribution >= 4 is 6.09 Å². The number of nitrogens with zero attached hydrogens (tertiary/aromatic N) is 1. The Hall–Kier alpha value is -0.810. The summed E-state index contributed by atoms with van der Waals surface area (Å²) < 4.78 is 10.5. The zero-order valence-electron chi connectivity index (χ0n) is 11.4. The molecule has 18 heavy (non-hydrogen) atoms.